The van der Waals surface area contributed by atoms with E-state index in [2.05, 4.69) is 58.2 Å². The Labute approximate surface area is 285 Å². The molecule has 0 aromatic heterocycles. The molecule has 3 saturated heterocycles. The van der Waals surface area contributed by atoms with Crippen molar-refractivity contribution in [3.05, 3.63) is 29.8 Å². The molecule has 4 N–H and O–H groups in total. The predicted molar refractivity (Wildman–Crippen MR) is 186 cm³/mol. The Balaban J connectivity index is 1.05. The molecule has 3 aliphatic carbocycles. The highest BCUT2D eigenvalue weighted by molar-refractivity contribution is 7.80. The summed E-state index contributed by atoms with van der Waals surface area (Å²) in [6.45, 7) is 17.6. The van der Waals surface area contributed by atoms with Crippen LogP contribution in [0.4, 0.5) is 5.69 Å². The molecule has 3 aliphatic heterocycles. The van der Waals surface area contributed by atoms with Crippen molar-refractivity contribution in [3.63, 3.8) is 0 Å². The van der Waals surface area contributed by atoms with Crippen LogP contribution in [0.1, 0.15) is 46.1 Å². The van der Waals surface area contributed by atoms with E-state index < -0.39 is 24.2 Å². The van der Waals surface area contributed by atoms with E-state index in [0.717, 1.165) is 88.4 Å². The summed E-state index contributed by atoms with van der Waals surface area (Å²) in [6.07, 6.45) is 0.764. The Morgan fingerprint density at radius 2 is 1.87 bits per heavy atom. The van der Waals surface area contributed by atoms with Crippen LogP contribution in [0.3, 0.4) is 0 Å². The lowest BCUT2D eigenvalue weighted by Gasteiger charge is -2.62. The largest absolute Gasteiger partial charge is 0.394 e. The number of amides is 1. The molecule has 12 heteroatoms. The second-order valence-electron chi connectivity index (χ2n) is 15.1. The van der Waals surface area contributed by atoms with Gasteiger partial charge in [-0.05, 0) is 72.8 Å². The smallest absolute Gasteiger partial charge is 0.240 e. The maximum Gasteiger partial charge on any atom is 0.240 e. The molecular formula is C35H56N6O5S. The van der Waals surface area contributed by atoms with E-state index in [4.69, 9.17) is 21.8 Å². The first-order chi connectivity index (χ1) is 22.6. The number of hydrogen-bond acceptors (Lipinski definition) is 9. The van der Waals surface area contributed by atoms with Gasteiger partial charge in [-0.3, -0.25) is 14.5 Å². The van der Waals surface area contributed by atoms with Crippen LogP contribution in [0, 0.1) is 29.1 Å². The SMILES string of the molecule is CC(O)C1C(CO)ON(Cc2cccc(N3CCN(C(=S)NCCN4CCOCC4)CC3)c2)C1C(=O)NC1CC2CC(C1C)C2(C)C. The van der Waals surface area contributed by atoms with E-state index >= 15 is 0 Å². The van der Waals surface area contributed by atoms with Crippen molar-refractivity contribution in [1.82, 2.24) is 25.5 Å². The van der Waals surface area contributed by atoms with Crippen LogP contribution < -0.4 is 15.5 Å². The summed E-state index contributed by atoms with van der Waals surface area (Å²) in [5.41, 5.74) is 2.47. The van der Waals surface area contributed by atoms with Crippen molar-refractivity contribution in [2.45, 2.75) is 71.4 Å². The molecule has 6 fully saturated rings. The van der Waals surface area contributed by atoms with Crippen LogP contribution in [-0.2, 0) is 20.9 Å². The van der Waals surface area contributed by atoms with Gasteiger partial charge in [0.25, 0.3) is 0 Å². The average Bonchev–Trinajstić information content (AvgIpc) is 3.44. The Morgan fingerprint density at radius 1 is 1.13 bits per heavy atom. The van der Waals surface area contributed by atoms with Crippen LogP contribution in [-0.4, -0.2) is 133 Å². The Morgan fingerprint density at radius 3 is 2.53 bits per heavy atom. The number of morpholine rings is 1. The maximum absolute atomic E-state index is 14.0. The molecule has 1 aromatic carbocycles. The van der Waals surface area contributed by atoms with E-state index in [1.165, 1.54) is 6.42 Å². The number of rotatable bonds is 10. The van der Waals surface area contributed by atoms with Crippen LogP contribution in [0.5, 0.6) is 0 Å². The summed E-state index contributed by atoms with van der Waals surface area (Å²) in [7, 11) is 0. The van der Waals surface area contributed by atoms with Crippen molar-refractivity contribution >= 4 is 28.9 Å². The monoisotopic (exact) mass is 672 g/mol. The van der Waals surface area contributed by atoms with Gasteiger partial charge in [-0.2, -0.15) is 5.06 Å². The summed E-state index contributed by atoms with van der Waals surface area (Å²) in [4.78, 5) is 27.2. The summed E-state index contributed by atoms with van der Waals surface area (Å²) in [5, 5.41) is 30.3. The molecule has 262 valence electrons. The molecule has 47 heavy (non-hydrogen) atoms. The normalized spacial score (nSPS) is 33.3. The molecule has 7 rings (SSSR count). The van der Waals surface area contributed by atoms with Crippen molar-refractivity contribution in [3.8, 4) is 0 Å². The van der Waals surface area contributed by atoms with Gasteiger partial charge in [0.15, 0.2) is 5.11 Å². The summed E-state index contributed by atoms with van der Waals surface area (Å²) in [6, 6.07) is 7.80. The molecule has 1 amide bonds. The van der Waals surface area contributed by atoms with E-state index in [0.29, 0.717) is 29.7 Å². The van der Waals surface area contributed by atoms with Gasteiger partial charge < -0.3 is 35.4 Å². The van der Waals surface area contributed by atoms with E-state index in [-0.39, 0.29) is 18.6 Å². The Bertz CT molecular complexity index is 1240. The quantitative estimate of drug-likeness (QED) is 0.273. The number of hydrogen-bond donors (Lipinski definition) is 4. The summed E-state index contributed by atoms with van der Waals surface area (Å²) < 4.78 is 5.44. The number of aliphatic hydroxyl groups excluding tert-OH is 2. The van der Waals surface area contributed by atoms with Gasteiger partial charge in [-0.25, -0.2) is 0 Å². The number of ether oxygens (including phenoxy) is 1. The molecule has 0 radical (unpaired) electrons. The van der Waals surface area contributed by atoms with Crippen molar-refractivity contribution in [1.29, 1.82) is 0 Å². The highest BCUT2D eigenvalue weighted by atomic mass is 32.1. The average molecular weight is 673 g/mol. The molecule has 8 atom stereocenters. The zero-order valence-electron chi connectivity index (χ0n) is 28.6. The van der Waals surface area contributed by atoms with Crippen LogP contribution >= 0.6 is 12.2 Å². The van der Waals surface area contributed by atoms with Gasteiger partial charge in [0.2, 0.25) is 5.91 Å². The summed E-state index contributed by atoms with van der Waals surface area (Å²) >= 11 is 5.72. The fourth-order valence-corrected chi connectivity index (χ4v) is 9.23. The summed E-state index contributed by atoms with van der Waals surface area (Å²) in [5.74, 6) is 0.972. The van der Waals surface area contributed by atoms with E-state index in [9.17, 15) is 15.0 Å². The number of aliphatic hydroxyl groups is 2. The minimum absolute atomic E-state index is 0.110. The van der Waals surface area contributed by atoms with E-state index in [1.807, 2.05) is 12.1 Å². The number of nitrogens with zero attached hydrogens (tertiary/aromatic N) is 4. The van der Waals surface area contributed by atoms with Gasteiger partial charge in [0, 0.05) is 70.0 Å². The van der Waals surface area contributed by atoms with Crippen molar-refractivity contribution in [2.24, 2.45) is 29.1 Å². The number of carbonyl (C=O) groups excluding carboxylic acids is 1. The highest BCUT2D eigenvalue weighted by Crippen LogP contribution is 2.61. The number of nitrogens with one attached hydrogen (secondary N) is 2. The number of anilines is 1. The first-order valence-corrected chi connectivity index (χ1v) is 18.2. The third-order valence-corrected chi connectivity index (χ3v) is 12.5. The molecular weight excluding hydrogens is 616 g/mol. The van der Waals surface area contributed by atoms with Gasteiger partial charge in [0.1, 0.15) is 12.1 Å². The van der Waals surface area contributed by atoms with Gasteiger partial charge in [0.05, 0.1) is 32.5 Å². The third kappa shape index (κ3) is 7.44. The maximum atomic E-state index is 14.0. The predicted octanol–water partition coefficient (Wildman–Crippen LogP) is 1.68. The molecule has 0 spiro atoms. The minimum atomic E-state index is -0.813. The zero-order chi connectivity index (χ0) is 33.3. The fraction of sp³-hybridized carbons (Fsp3) is 0.771. The molecule has 11 nitrogen and oxygen atoms in total. The number of benzene rings is 1. The molecule has 3 heterocycles. The first-order valence-electron chi connectivity index (χ1n) is 17.8. The second kappa shape index (κ2) is 14.8. The lowest BCUT2D eigenvalue weighted by Crippen LogP contribution is -2.62. The Hall–Kier alpha value is -2.06. The number of hydroxylamine groups is 2. The number of piperazine rings is 1. The molecule has 8 unspecified atom stereocenters. The molecule has 2 bridgehead atoms. The van der Waals surface area contributed by atoms with Crippen molar-refractivity contribution in [2.75, 3.05) is 77.1 Å². The van der Waals surface area contributed by atoms with Gasteiger partial charge in [-0.15, -0.1) is 0 Å². The highest BCUT2D eigenvalue weighted by Gasteiger charge is 2.57. The lowest BCUT2D eigenvalue weighted by molar-refractivity contribution is -0.183. The topological polar surface area (TPSA) is 113 Å². The third-order valence-electron chi connectivity index (χ3n) is 12.1. The van der Waals surface area contributed by atoms with Gasteiger partial charge in [-0.1, -0.05) is 32.9 Å². The number of thiocarbonyl (C=S) groups is 1. The van der Waals surface area contributed by atoms with Crippen molar-refractivity contribution < 1.29 is 24.6 Å². The molecule has 6 aliphatic rings. The minimum Gasteiger partial charge on any atom is -0.394 e. The first kappa shape index (κ1) is 34.8. The van der Waals surface area contributed by atoms with Crippen LogP contribution in [0.2, 0.25) is 0 Å². The number of carbonyl (C=O) groups is 1. The van der Waals surface area contributed by atoms with E-state index in [1.54, 1.807) is 12.0 Å². The molecule has 3 saturated carbocycles. The van der Waals surface area contributed by atoms with Crippen LogP contribution in [0.25, 0.3) is 0 Å². The zero-order valence-corrected chi connectivity index (χ0v) is 29.5. The van der Waals surface area contributed by atoms with Crippen LogP contribution in [0.15, 0.2) is 24.3 Å². The second-order valence-corrected chi connectivity index (χ2v) is 15.5. The fourth-order valence-electron chi connectivity index (χ4n) is 8.94. The number of fused-ring (bicyclic) bond motifs is 2. The Kier molecular flexibility index (Phi) is 11.0. The standard InChI is InChI=1S/C35H56N6O5S/c1-23-28-19-26(35(28,3)4)20-29(23)37-33(44)32-31(24(2)43)30(22-42)46-41(32)21-25-6-5-7-27(18-25)39-10-12-40(13-11-39)34(47)36-8-9-38-14-16-45-17-15-38/h5-7,18,23-24,26,28-32,42-43H,8-17,19-22H2,1-4H3,(H,36,47)(H,37,44). The lowest BCUT2D eigenvalue weighted by atomic mass is 9.45. The molecule has 1 aromatic rings. The van der Waals surface area contributed by atoms with Gasteiger partial charge >= 0.3 is 0 Å².